The van der Waals surface area contributed by atoms with Crippen LogP contribution >= 0.6 is 0 Å². The van der Waals surface area contributed by atoms with Gasteiger partial charge in [-0.15, -0.1) is 0 Å². The molecule has 138 valence electrons. The third kappa shape index (κ3) is 5.85. The highest BCUT2D eigenvalue weighted by Gasteiger charge is 2.18. The molecule has 0 aromatic heterocycles. The molecule has 2 rings (SSSR count). The first-order valence-corrected chi connectivity index (χ1v) is 9.11. The van der Waals surface area contributed by atoms with Gasteiger partial charge in [0.05, 0.1) is 19.3 Å². The smallest absolute Gasteiger partial charge is 0.333 e. The quantitative estimate of drug-likeness (QED) is 0.437. The number of benzene rings is 2. The van der Waals surface area contributed by atoms with Crippen molar-refractivity contribution in [3.8, 4) is 0 Å². The summed E-state index contributed by atoms with van der Waals surface area (Å²) in [7, 11) is 0. The fourth-order valence-corrected chi connectivity index (χ4v) is 2.68. The Labute approximate surface area is 156 Å². The minimum atomic E-state index is -0.361. The molecule has 3 nitrogen and oxygen atoms in total. The van der Waals surface area contributed by atoms with Gasteiger partial charge >= 0.3 is 5.97 Å². The van der Waals surface area contributed by atoms with Gasteiger partial charge in [-0.2, -0.15) is 0 Å². The monoisotopic (exact) mass is 352 g/mol. The van der Waals surface area contributed by atoms with Crippen LogP contribution in [-0.4, -0.2) is 12.6 Å². The zero-order chi connectivity index (χ0) is 18.9. The van der Waals surface area contributed by atoms with Gasteiger partial charge in [0.25, 0.3) is 0 Å². The molecule has 26 heavy (non-hydrogen) atoms. The van der Waals surface area contributed by atoms with Crippen molar-refractivity contribution in [2.45, 2.75) is 45.8 Å². The molecule has 2 aromatic rings. The lowest BCUT2D eigenvalue weighted by atomic mass is 9.97. The van der Waals surface area contributed by atoms with Gasteiger partial charge in [0.2, 0.25) is 0 Å². The van der Waals surface area contributed by atoms with E-state index >= 15 is 0 Å². The van der Waals surface area contributed by atoms with Crippen LogP contribution in [0.2, 0.25) is 0 Å². The molecule has 0 aliphatic rings. The SMILES string of the molecule is C=C(CC(OCc1ccccc1)c1ccc(C(C)C)cc1)C(=O)OCC. The zero-order valence-electron chi connectivity index (χ0n) is 15.9. The molecule has 2 aromatic carbocycles. The molecule has 1 unspecified atom stereocenters. The van der Waals surface area contributed by atoms with Gasteiger partial charge in [0.15, 0.2) is 0 Å². The summed E-state index contributed by atoms with van der Waals surface area (Å²) in [4.78, 5) is 12.0. The van der Waals surface area contributed by atoms with Gasteiger partial charge in [0, 0.05) is 12.0 Å². The van der Waals surface area contributed by atoms with Gasteiger partial charge in [-0.05, 0) is 29.5 Å². The molecule has 0 radical (unpaired) electrons. The maximum atomic E-state index is 12.0. The second-order valence-corrected chi connectivity index (χ2v) is 6.63. The lowest BCUT2D eigenvalue weighted by molar-refractivity contribution is -0.139. The highest BCUT2D eigenvalue weighted by Crippen LogP contribution is 2.28. The topological polar surface area (TPSA) is 35.5 Å². The largest absolute Gasteiger partial charge is 0.463 e. The maximum absolute atomic E-state index is 12.0. The van der Waals surface area contributed by atoms with E-state index in [-0.39, 0.29) is 12.1 Å². The van der Waals surface area contributed by atoms with Crippen molar-refractivity contribution < 1.29 is 14.3 Å². The summed E-state index contributed by atoms with van der Waals surface area (Å²) in [5, 5.41) is 0. The minimum absolute atomic E-state index is 0.242. The van der Waals surface area contributed by atoms with Crippen molar-refractivity contribution in [2.24, 2.45) is 0 Å². The van der Waals surface area contributed by atoms with E-state index in [1.54, 1.807) is 6.92 Å². The lowest BCUT2D eigenvalue weighted by Crippen LogP contribution is -2.12. The molecule has 0 spiro atoms. The molecule has 0 saturated carbocycles. The predicted octanol–water partition coefficient (Wildman–Crippen LogP) is 5.58. The molecule has 0 saturated heterocycles. The van der Waals surface area contributed by atoms with Crippen LogP contribution in [0.15, 0.2) is 66.7 Å². The third-order valence-corrected chi connectivity index (χ3v) is 4.26. The summed E-state index contributed by atoms with van der Waals surface area (Å²) in [6.07, 6.45) is 0.167. The van der Waals surface area contributed by atoms with Gasteiger partial charge in [-0.1, -0.05) is 75.0 Å². The molecule has 0 fully saturated rings. The zero-order valence-corrected chi connectivity index (χ0v) is 15.9. The number of hydrogen-bond donors (Lipinski definition) is 0. The molecule has 0 aliphatic heterocycles. The summed E-state index contributed by atoms with van der Waals surface area (Å²) < 4.78 is 11.2. The summed E-state index contributed by atoms with van der Waals surface area (Å²) >= 11 is 0. The molecular formula is C23H28O3. The standard InChI is InChI=1S/C23H28O3/c1-5-25-23(24)18(4)15-22(26-16-19-9-7-6-8-10-19)21-13-11-20(12-14-21)17(2)3/h6-14,17,22H,4-5,15-16H2,1-3H3. The van der Waals surface area contributed by atoms with E-state index in [1.165, 1.54) is 5.56 Å². The fourth-order valence-electron chi connectivity index (χ4n) is 2.68. The van der Waals surface area contributed by atoms with Crippen LogP contribution in [0.5, 0.6) is 0 Å². The Morgan fingerprint density at radius 3 is 2.19 bits per heavy atom. The highest BCUT2D eigenvalue weighted by molar-refractivity contribution is 5.87. The number of carbonyl (C=O) groups is 1. The Morgan fingerprint density at radius 1 is 1.00 bits per heavy atom. The first kappa shape index (κ1) is 19.9. The van der Waals surface area contributed by atoms with Gasteiger partial charge in [-0.25, -0.2) is 4.79 Å². The van der Waals surface area contributed by atoms with Gasteiger partial charge in [0.1, 0.15) is 0 Å². The van der Waals surface area contributed by atoms with Crippen LogP contribution in [0.1, 0.15) is 55.9 Å². The van der Waals surface area contributed by atoms with Crippen LogP contribution in [0.4, 0.5) is 0 Å². The average Bonchev–Trinajstić information content (AvgIpc) is 2.66. The van der Waals surface area contributed by atoms with E-state index in [1.807, 2.05) is 30.3 Å². The Morgan fingerprint density at radius 2 is 1.62 bits per heavy atom. The van der Waals surface area contributed by atoms with Crippen molar-refractivity contribution in [1.29, 1.82) is 0 Å². The Kier molecular flexibility index (Phi) is 7.61. The Balaban J connectivity index is 2.14. The number of esters is 1. The van der Waals surface area contributed by atoms with E-state index in [0.29, 0.717) is 31.1 Å². The van der Waals surface area contributed by atoms with Crippen molar-refractivity contribution in [3.05, 3.63) is 83.4 Å². The molecule has 1 atom stereocenters. The van der Waals surface area contributed by atoms with Crippen LogP contribution in [0, 0.1) is 0 Å². The average molecular weight is 352 g/mol. The molecule has 0 amide bonds. The van der Waals surface area contributed by atoms with Gasteiger partial charge < -0.3 is 9.47 Å². The van der Waals surface area contributed by atoms with Crippen LogP contribution in [-0.2, 0) is 20.9 Å². The first-order valence-electron chi connectivity index (χ1n) is 9.11. The second-order valence-electron chi connectivity index (χ2n) is 6.63. The highest BCUT2D eigenvalue weighted by atomic mass is 16.5. The number of carbonyl (C=O) groups excluding carboxylic acids is 1. The van der Waals surface area contributed by atoms with Gasteiger partial charge in [-0.3, -0.25) is 0 Å². The van der Waals surface area contributed by atoms with Crippen LogP contribution in [0.25, 0.3) is 0 Å². The summed E-state index contributed by atoms with van der Waals surface area (Å²) in [5.74, 6) is 0.113. The summed E-state index contributed by atoms with van der Waals surface area (Å²) in [6, 6.07) is 18.4. The van der Waals surface area contributed by atoms with Crippen molar-refractivity contribution in [1.82, 2.24) is 0 Å². The molecule has 0 bridgehead atoms. The molecule has 0 N–H and O–H groups in total. The maximum Gasteiger partial charge on any atom is 0.333 e. The molecule has 0 aliphatic carbocycles. The van der Waals surface area contributed by atoms with Crippen LogP contribution < -0.4 is 0 Å². The van der Waals surface area contributed by atoms with Crippen molar-refractivity contribution in [3.63, 3.8) is 0 Å². The van der Waals surface area contributed by atoms with E-state index in [9.17, 15) is 4.79 Å². The van der Waals surface area contributed by atoms with Crippen molar-refractivity contribution >= 4 is 5.97 Å². The molecule has 0 heterocycles. The van der Waals surface area contributed by atoms with E-state index in [0.717, 1.165) is 11.1 Å². The van der Waals surface area contributed by atoms with E-state index < -0.39 is 0 Å². The van der Waals surface area contributed by atoms with Crippen LogP contribution in [0.3, 0.4) is 0 Å². The predicted molar refractivity (Wildman–Crippen MR) is 105 cm³/mol. The van der Waals surface area contributed by atoms with E-state index in [4.69, 9.17) is 9.47 Å². The summed E-state index contributed by atoms with van der Waals surface area (Å²) in [5.41, 5.74) is 3.84. The minimum Gasteiger partial charge on any atom is -0.463 e. The first-order chi connectivity index (χ1) is 12.5. The number of hydrogen-bond acceptors (Lipinski definition) is 3. The second kappa shape index (κ2) is 9.93. The lowest BCUT2D eigenvalue weighted by Gasteiger charge is -2.20. The molecular weight excluding hydrogens is 324 g/mol. The number of rotatable bonds is 9. The Hall–Kier alpha value is -2.39. The van der Waals surface area contributed by atoms with Crippen molar-refractivity contribution in [2.75, 3.05) is 6.61 Å². The fraction of sp³-hybridized carbons (Fsp3) is 0.348. The Bertz CT molecular complexity index is 702. The molecule has 3 heteroatoms. The van der Waals surface area contributed by atoms with E-state index in [2.05, 4.69) is 44.7 Å². The number of ether oxygens (including phenoxy) is 2. The normalized spacial score (nSPS) is 12.0. The summed E-state index contributed by atoms with van der Waals surface area (Å²) in [6.45, 7) is 10.8. The third-order valence-electron chi connectivity index (χ3n) is 4.26.